The third kappa shape index (κ3) is 3.54. The molecule has 0 unspecified atom stereocenters. The quantitative estimate of drug-likeness (QED) is 0.568. The van der Waals surface area contributed by atoms with Gasteiger partial charge in [-0.25, -0.2) is 8.42 Å². The smallest absolute Gasteiger partial charge is 0.268 e. The van der Waals surface area contributed by atoms with Gasteiger partial charge in [0.15, 0.2) is 0 Å². The van der Waals surface area contributed by atoms with Crippen molar-refractivity contribution in [2.75, 3.05) is 18.0 Å². The van der Waals surface area contributed by atoms with E-state index in [0.29, 0.717) is 28.9 Å². The number of nitrogens with zero attached hydrogens (tertiary/aromatic N) is 2. The van der Waals surface area contributed by atoms with Gasteiger partial charge in [0.05, 0.1) is 24.5 Å². The van der Waals surface area contributed by atoms with Gasteiger partial charge in [0, 0.05) is 16.4 Å². The molecule has 0 aliphatic rings. The predicted octanol–water partition coefficient (Wildman–Crippen LogP) is 4.61. The molecule has 0 bridgehead atoms. The first-order valence-corrected chi connectivity index (χ1v) is 10.4. The second kappa shape index (κ2) is 7.63. The molecule has 0 aliphatic carbocycles. The van der Waals surface area contributed by atoms with E-state index in [2.05, 4.69) is 20.9 Å². The van der Waals surface area contributed by atoms with Gasteiger partial charge in [-0.15, -0.1) is 0 Å². The van der Waals surface area contributed by atoms with Gasteiger partial charge in [0.1, 0.15) is 10.6 Å². The highest BCUT2D eigenvalue weighted by atomic mass is 79.9. The lowest BCUT2D eigenvalue weighted by molar-refractivity contribution is 0.402. The van der Waals surface area contributed by atoms with Crippen LogP contribution in [0.3, 0.4) is 0 Å². The lowest BCUT2D eigenvalue weighted by Crippen LogP contribution is -2.32. The highest BCUT2D eigenvalue weighted by Crippen LogP contribution is 2.33. The van der Waals surface area contributed by atoms with Gasteiger partial charge in [-0.3, -0.25) is 9.29 Å². The van der Waals surface area contributed by atoms with Crippen molar-refractivity contribution in [2.45, 2.75) is 18.2 Å². The first-order valence-electron chi connectivity index (χ1n) is 8.18. The van der Waals surface area contributed by atoms with E-state index in [4.69, 9.17) is 4.74 Å². The zero-order chi connectivity index (χ0) is 18.7. The van der Waals surface area contributed by atoms with Crippen molar-refractivity contribution in [2.24, 2.45) is 0 Å². The van der Waals surface area contributed by atoms with E-state index in [9.17, 15) is 8.42 Å². The molecule has 136 valence electrons. The van der Waals surface area contributed by atoms with Crippen LogP contribution < -0.4 is 9.04 Å². The monoisotopic (exact) mass is 434 g/mol. The summed E-state index contributed by atoms with van der Waals surface area (Å²) in [5.41, 5.74) is 1.36. The molecule has 5 nitrogen and oxygen atoms in total. The molecule has 1 heterocycles. The van der Waals surface area contributed by atoms with Crippen LogP contribution in [0.4, 0.5) is 5.69 Å². The molecule has 0 radical (unpaired) electrons. The number of rotatable bonds is 6. The Balaban J connectivity index is 2.15. The van der Waals surface area contributed by atoms with Crippen LogP contribution in [0.5, 0.6) is 5.75 Å². The van der Waals surface area contributed by atoms with Crippen molar-refractivity contribution < 1.29 is 13.2 Å². The first-order chi connectivity index (χ1) is 12.5. The van der Waals surface area contributed by atoms with Crippen LogP contribution in [0.1, 0.15) is 13.3 Å². The van der Waals surface area contributed by atoms with E-state index in [1.165, 1.54) is 11.4 Å². The topological polar surface area (TPSA) is 59.5 Å². The molecule has 0 N–H and O–H groups in total. The van der Waals surface area contributed by atoms with Crippen molar-refractivity contribution in [3.63, 3.8) is 0 Å². The Morgan fingerprint density at radius 3 is 2.65 bits per heavy atom. The largest absolute Gasteiger partial charge is 0.495 e. The number of anilines is 1. The Hall–Kier alpha value is -2.12. The van der Waals surface area contributed by atoms with Crippen LogP contribution in [-0.4, -0.2) is 27.1 Å². The van der Waals surface area contributed by atoms with Gasteiger partial charge < -0.3 is 4.74 Å². The van der Waals surface area contributed by atoms with E-state index in [-0.39, 0.29) is 4.90 Å². The molecular weight excluding hydrogens is 416 g/mol. The minimum atomic E-state index is -3.81. The van der Waals surface area contributed by atoms with Gasteiger partial charge in [-0.1, -0.05) is 41.1 Å². The number of hydrogen-bond donors (Lipinski definition) is 0. The minimum absolute atomic E-state index is 0.121. The fourth-order valence-corrected chi connectivity index (χ4v) is 4.99. The van der Waals surface area contributed by atoms with E-state index in [1.54, 1.807) is 24.4 Å². The average molecular weight is 435 g/mol. The Labute approximate surface area is 161 Å². The van der Waals surface area contributed by atoms with Gasteiger partial charge in [0.2, 0.25) is 0 Å². The highest BCUT2D eigenvalue weighted by Gasteiger charge is 2.28. The zero-order valence-corrected chi connectivity index (χ0v) is 16.9. The van der Waals surface area contributed by atoms with Crippen molar-refractivity contribution in [3.8, 4) is 5.75 Å². The number of aromatic nitrogens is 1. The number of fused-ring (bicyclic) bond motifs is 1. The minimum Gasteiger partial charge on any atom is -0.495 e. The SMILES string of the molecule is CCCN(c1cnc2ccccc2c1)S(=O)(=O)c1cc(Br)ccc1OC. The lowest BCUT2D eigenvalue weighted by Gasteiger charge is -2.25. The number of ether oxygens (including phenoxy) is 1. The third-order valence-corrected chi connectivity index (χ3v) is 6.33. The van der Waals surface area contributed by atoms with Crippen LogP contribution in [0.15, 0.2) is 64.1 Å². The number of methoxy groups -OCH3 is 1. The van der Waals surface area contributed by atoms with Crippen LogP contribution >= 0.6 is 15.9 Å². The normalized spacial score (nSPS) is 11.5. The van der Waals surface area contributed by atoms with E-state index in [1.807, 2.05) is 37.3 Å². The number of sulfonamides is 1. The zero-order valence-electron chi connectivity index (χ0n) is 14.5. The second-order valence-corrected chi connectivity index (χ2v) is 8.50. The lowest BCUT2D eigenvalue weighted by atomic mass is 10.2. The first kappa shape index (κ1) is 18.7. The molecule has 2 aromatic carbocycles. The van der Waals surface area contributed by atoms with Crippen molar-refractivity contribution in [3.05, 3.63) is 59.2 Å². The van der Waals surface area contributed by atoms with Gasteiger partial charge in [-0.05, 0) is 36.8 Å². The molecule has 3 rings (SSSR count). The van der Waals surface area contributed by atoms with Gasteiger partial charge in [-0.2, -0.15) is 0 Å². The number of para-hydroxylation sites is 1. The Bertz CT molecular complexity index is 1040. The summed E-state index contributed by atoms with van der Waals surface area (Å²) in [7, 11) is -2.35. The van der Waals surface area contributed by atoms with Crippen LogP contribution in [0.25, 0.3) is 10.9 Å². The van der Waals surface area contributed by atoms with Crippen LogP contribution in [-0.2, 0) is 10.0 Å². The molecule has 0 saturated carbocycles. The molecule has 7 heteroatoms. The van der Waals surface area contributed by atoms with Gasteiger partial charge in [0.25, 0.3) is 10.0 Å². The molecule has 0 spiro atoms. The molecule has 0 atom stereocenters. The Morgan fingerprint density at radius 1 is 1.15 bits per heavy atom. The summed E-state index contributed by atoms with van der Waals surface area (Å²) >= 11 is 3.34. The van der Waals surface area contributed by atoms with E-state index in [0.717, 1.165) is 10.9 Å². The highest BCUT2D eigenvalue weighted by molar-refractivity contribution is 9.10. The van der Waals surface area contributed by atoms with E-state index >= 15 is 0 Å². The summed E-state index contributed by atoms with van der Waals surface area (Å²) in [6, 6.07) is 14.4. The van der Waals surface area contributed by atoms with Crippen LogP contribution in [0, 0.1) is 0 Å². The molecule has 26 heavy (non-hydrogen) atoms. The Morgan fingerprint density at radius 2 is 1.92 bits per heavy atom. The molecule has 0 saturated heterocycles. The predicted molar refractivity (Wildman–Crippen MR) is 107 cm³/mol. The second-order valence-electron chi connectivity index (χ2n) is 5.76. The summed E-state index contributed by atoms with van der Waals surface area (Å²) in [6.45, 7) is 2.28. The molecule has 3 aromatic rings. The fourth-order valence-electron chi connectivity index (χ4n) is 2.76. The molecule has 0 amide bonds. The summed E-state index contributed by atoms with van der Waals surface area (Å²) in [5, 5.41) is 0.891. The van der Waals surface area contributed by atoms with Crippen LogP contribution in [0.2, 0.25) is 0 Å². The molecule has 0 fully saturated rings. The average Bonchev–Trinajstić information content (AvgIpc) is 2.65. The van der Waals surface area contributed by atoms with Gasteiger partial charge >= 0.3 is 0 Å². The number of pyridine rings is 1. The number of benzene rings is 2. The summed E-state index contributed by atoms with van der Waals surface area (Å²) in [4.78, 5) is 4.53. The maximum Gasteiger partial charge on any atom is 0.268 e. The molecule has 0 aliphatic heterocycles. The number of halogens is 1. The van der Waals surface area contributed by atoms with Crippen molar-refractivity contribution in [1.82, 2.24) is 4.98 Å². The van der Waals surface area contributed by atoms with Crippen molar-refractivity contribution >= 4 is 42.5 Å². The summed E-state index contributed by atoms with van der Waals surface area (Å²) < 4.78 is 34.1. The maximum atomic E-state index is 13.4. The number of hydrogen-bond acceptors (Lipinski definition) is 4. The molecular formula is C19H19BrN2O3S. The molecule has 1 aromatic heterocycles. The van der Waals surface area contributed by atoms with E-state index < -0.39 is 10.0 Å². The summed E-state index contributed by atoms with van der Waals surface area (Å²) in [5.74, 6) is 0.308. The third-order valence-electron chi connectivity index (χ3n) is 3.98. The Kier molecular flexibility index (Phi) is 5.48. The van der Waals surface area contributed by atoms with Crippen molar-refractivity contribution in [1.29, 1.82) is 0 Å². The fraction of sp³-hybridized carbons (Fsp3) is 0.211. The maximum absolute atomic E-state index is 13.4. The summed E-state index contributed by atoms with van der Waals surface area (Å²) in [6.07, 6.45) is 2.27. The standard InChI is InChI=1S/C19H19BrN2O3S/c1-3-10-22(16-11-14-6-4-5-7-17(14)21-13-16)26(23,24)19-12-15(20)8-9-18(19)25-2/h4-9,11-13H,3,10H2,1-2H3.